The van der Waals surface area contributed by atoms with E-state index in [2.05, 4.69) is 10.3 Å². The Morgan fingerprint density at radius 2 is 2.05 bits per heavy atom. The summed E-state index contributed by atoms with van der Waals surface area (Å²) in [6.45, 7) is 1.96. The number of carbonyl (C=O) groups is 1. The first-order valence-corrected chi connectivity index (χ1v) is 7.72. The molecular formula is C15H25N3O2. The molecule has 1 aliphatic carbocycles. The van der Waals surface area contributed by atoms with Crippen LogP contribution in [-0.4, -0.2) is 16.9 Å². The second-order valence-electron chi connectivity index (χ2n) is 5.60. The van der Waals surface area contributed by atoms with Gasteiger partial charge in [0.05, 0.1) is 6.04 Å². The van der Waals surface area contributed by atoms with Gasteiger partial charge in [0.2, 0.25) is 5.89 Å². The lowest BCUT2D eigenvalue weighted by atomic mass is 9.97. The number of hydrogen-bond donors (Lipinski definition) is 2. The third-order valence-corrected chi connectivity index (χ3v) is 3.95. The molecule has 1 aromatic rings. The van der Waals surface area contributed by atoms with E-state index < -0.39 is 0 Å². The molecule has 1 atom stereocenters. The summed E-state index contributed by atoms with van der Waals surface area (Å²) >= 11 is 0. The lowest BCUT2D eigenvalue weighted by molar-refractivity contribution is 0.0925. The molecule has 1 amide bonds. The summed E-state index contributed by atoms with van der Waals surface area (Å²) in [7, 11) is 0. The molecule has 0 saturated heterocycles. The van der Waals surface area contributed by atoms with Gasteiger partial charge in [-0.15, -0.1) is 0 Å². The average molecular weight is 279 g/mol. The highest BCUT2D eigenvalue weighted by molar-refractivity contribution is 5.92. The van der Waals surface area contributed by atoms with Crippen molar-refractivity contribution in [2.75, 3.05) is 0 Å². The Morgan fingerprint density at radius 3 is 2.70 bits per heavy atom. The largest absolute Gasteiger partial charge is 0.446 e. The van der Waals surface area contributed by atoms with E-state index in [0.717, 1.165) is 19.3 Å². The van der Waals surface area contributed by atoms with Gasteiger partial charge in [0, 0.05) is 6.04 Å². The highest BCUT2D eigenvalue weighted by atomic mass is 16.3. The van der Waals surface area contributed by atoms with E-state index in [-0.39, 0.29) is 18.0 Å². The van der Waals surface area contributed by atoms with Crippen LogP contribution >= 0.6 is 0 Å². The fraction of sp³-hybridized carbons (Fsp3) is 0.733. The van der Waals surface area contributed by atoms with Crippen molar-refractivity contribution in [1.82, 2.24) is 10.3 Å². The van der Waals surface area contributed by atoms with Gasteiger partial charge in [-0.25, -0.2) is 4.98 Å². The van der Waals surface area contributed by atoms with E-state index in [4.69, 9.17) is 10.2 Å². The molecule has 1 heterocycles. The van der Waals surface area contributed by atoms with Crippen LogP contribution in [-0.2, 0) is 0 Å². The van der Waals surface area contributed by atoms with E-state index >= 15 is 0 Å². The van der Waals surface area contributed by atoms with Crippen LogP contribution in [0.5, 0.6) is 0 Å². The molecule has 5 heteroatoms. The van der Waals surface area contributed by atoms with E-state index in [9.17, 15) is 4.79 Å². The quantitative estimate of drug-likeness (QED) is 0.888. The Hall–Kier alpha value is -1.36. The van der Waals surface area contributed by atoms with Gasteiger partial charge in [-0.1, -0.05) is 39.0 Å². The SMILES string of the molecule is CCC(N)c1nc(C(=O)NC2CCCCCCC2)co1. The Bertz CT molecular complexity index is 423. The second-order valence-corrected chi connectivity index (χ2v) is 5.60. The second kappa shape index (κ2) is 7.43. The maximum Gasteiger partial charge on any atom is 0.273 e. The van der Waals surface area contributed by atoms with Gasteiger partial charge < -0.3 is 15.5 Å². The maximum atomic E-state index is 12.2. The Kier molecular flexibility index (Phi) is 5.59. The lowest BCUT2D eigenvalue weighted by Crippen LogP contribution is -2.35. The van der Waals surface area contributed by atoms with Crippen molar-refractivity contribution in [1.29, 1.82) is 0 Å². The van der Waals surface area contributed by atoms with Crippen molar-refractivity contribution in [2.45, 2.75) is 70.4 Å². The minimum Gasteiger partial charge on any atom is -0.446 e. The first kappa shape index (κ1) is 15.0. The standard InChI is InChI=1S/C15H25N3O2/c1-2-12(16)15-18-13(10-20-15)14(19)17-11-8-6-4-3-5-7-9-11/h10-12H,2-9,16H2,1H3,(H,17,19). The van der Waals surface area contributed by atoms with Gasteiger partial charge in [0.25, 0.3) is 5.91 Å². The van der Waals surface area contributed by atoms with Crippen LogP contribution in [0.25, 0.3) is 0 Å². The number of carbonyl (C=O) groups excluding carboxylic acids is 1. The smallest absolute Gasteiger partial charge is 0.273 e. The molecule has 1 aromatic heterocycles. The maximum absolute atomic E-state index is 12.2. The highest BCUT2D eigenvalue weighted by Crippen LogP contribution is 2.18. The molecule has 3 N–H and O–H groups in total. The molecule has 2 rings (SSSR count). The summed E-state index contributed by atoms with van der Waals surface area (Å²) < 4.78 is 5.28. The van der Waals surface area contributed by atoms with Crippen molar-refractivity contribution in [3.63, 3.8) is 0 Å². The number of amides is 1. The number of nitrogens with two attached hydrogens (primary N) is 1. The fourth-order valence-electron chi connectivity index (χ4n) is 2.60. The van der Waals surface area contributed by atoms with Gasteiger partial charge in [0.15, 0.2) is 5.69 Å². The van der Waals surface area contributed by atoms with Crippen molar-refractivity contribution in [3.8, 4) is 0 Å². The van der Waals surface area contributed by atoms with Gasteiger partial charge in [-0.2, -0.15) is 0 Å². The van der Waals surface area contributed by atoms with Crippen LogP contribution in [0.3, 0.4) is 0 Å². The van der Waals surface area contributed by atoms with Gasteiger partial charge >= 0.3 is 0 Å². The number of nitrogens with one attached hydrogen (secondary N) is 1. The van der Waals surface area contributed by atoms with Crippen molar-refractivity contribution >= 4 is 5.91 Å². The molecule has 0 radical (unpaired) electrons. The van der Waals surface area contributed by atoms with Crippen molar-refractivity contribution in [2.24, 2.45) is 5.73 Å². The summed E-state index contributed by atoms with van der Waals surface area (Å²) in [5, 5.41) is 3.07. The number of hydrogen-bond acceptors (Lipinski definition) is 4. The first-order chi connectivity index (χ1) is 9.70. The normalized spacial score (nSPS) is 19.1. The van der Waals surface area contributed by atoms with Crippen molar-refractivity contribution < 1.29 is 9.21 Å². The monoisotopic (exact) mass is 279 g/mol. The minimum absolute atomic E-state index is 0.145. The first-order valence-electron chi connectivity index (χ1n) is 7.72. The molecule has 0 spiro atoms. The molecule has 112 valence electrons. The third-order valence-electron chi connectivity index (χ3n) is 3.95. The number of aromatic nitrogens is 1. The Balaban J connectivity index is 1.91. The number of rotatable bonds is 4. The van der Waals surface area contributed by atoms with Gasteiger partial charge in [0.1, 0.15) is 6.26 Å². The van der Waals surface area contributed by atoms with Crippen LogP contribution < -0.4 is 11.1 Å². The highest BCUT2D eigenvalue weighted by Gasteiger charge is 2.19. The zero-order valence-electron chi connectivity index (χ0n) is 12.2. The van der Waals surface area contributed by atoms with Crippen LogP contribution in [0.4, 0.5) is 0 Å². The summed E-state index contributed by atoms with van der Waals surface area (Å²) in [6, 6.07) is 0.0285. The van der Waals surface area contributed by atoms with Crippen molar-refractivity contribution in [3.05, 3.63) is 17.8 Å². The van der Waals surface area contributed by atoms with E-state index in [1.807, 2.05) is 6.92 Å². The average Bonchev–Trinajstić information content (AvgIpc) is 2.90. The van der Waals surface area contributed by atoms with Crippen LogP contribution in [0.1, 0.15) is 80.7 Å². The summed E-state index contributed by atoms with van der Waals surface area (Å²) in [4.78, 5) is 16.3. The predicted octanol–water partition coefficient (Wildman–Crippen LogP) is 2.93. The molecule has 20 heavy (non-hydrogen) atoms. The molecule has 1 aliphatic rings. The molecule has 5 nitrogen and oxygen atoms in total. The molecule has 0 aromatic carbocycles. The van der Waals surface area contributed by atoms with E-state index in [0.29, 0.717) is 11.6 Å². The lowest BCUT2D eigenvalue weighted by Gasteiger charge is -2.20. The van der Waals surface area contributed by atoms with E-state index in [1.165, 1.54) is 38.4 Å². The molecule has 1 fully saturated rings. The third kappa shape index (κ3) is 4.07. The van der Waals surface area contributed by atoms with E-state index in [1.54, 1.807) is 0 Å². The van der Waals surface area contributed by atoms with Crippen LogP contribution in [0.15, 0.2) is 10.7 Å². The van der Waals surface area contributed by atoms with Gasteiger partial charge in [-0.3, -0.25) is 4.79 Å². The molecule has 0 aliphatic heterocycles. The van der Waals surface area contributed by atoms with Gasteiger partial charge in [-0.05, 0) is 19.3 Å². The predicted molar refractivity (Wildman–Crippen MR) is 77.3 cm³/mol. The fourth-order valence-corrected chi connectivity index (χ4v) is 2.60. The Labute approximate surface area is 120 Å². The summed E-state index contributed by atoms with van der Waals surface area (Å²) in [6.07, 6.45) is 10.5. The zero-order chi connectivity index (χ0) is 14.4. The zero-order valence-corrected chi connectivity index (χ0v) is 12.2. The molecule has 1 saturated carbocycles. The minimum atomic E-state index is -0.238. The molecule has 0 bridgehead atoms. The topological polar surface area (TPSA) is 81.1 Å². The van der Waals surface area contributed by atoms with Crippen LogP contribution in [0, 0.1) is 0 Å². The molecular weight excluding hydrogens is 254 g/mol. The summed E-state index contributed by atoms with van der Waals surface area (Å²) in [5.41, 5.74) is 6.18. The number of oxazole rings is 1. The Morgan fingerprint density at radius 1 is 1.40 bits per heavy atom. The number of nitrogens with zero attached hydrogens (tertiary/aromatic N) is 1. The molecule has 1 unspecified atom stereocenters. The summed E-state index contributed by atoms with van der Waals surface area (Å²) in [5.74, 6) is 0.296. The van der Waals surface area contributed by atoms with Crippen LogP contribution in [0.2, 0.25) is 0 Å².